The topological polar surface area (TPSA) is 78.9 Å². The molecule has 3 aromatic rings. The summed E-state index contributed by atoms with van der Waals surface area (Å²) in [6, 6.07) is 19.0. The van der Waals surface area contributed by atoms with Gasteiger partial charge < -0.3 is 14.2 Å². The van der Waals surface area contributed by atoms with Gasteiger partial charge in [0.2, 0.25) is 0 Å². The molecule has 0 fully saturated rings. The van der Waals surface area contributed by atoms with E-state index in [9.17, 15) is 14.4 Å². The van der Waals surface area contributed by atoms with Crippen LogP contribution in [0.3, 0.4) is 0 Å². The Morgan fingerprint density at radius 1 is 0.722 bits per heavy atom. The normalized spacial score (nSPS) is 10.6. The number of hydrogen-bond donors (Lipinski definition) is 0. The molecule has 0 bridgehead atoms. The summed E-state index contributed by atoms with van der Waals surface area (Å²) in [7, 11) is 0. The molecule has 6 nitrogen and oxygen atoms in total. The Kier molecular flexibility index (Phi) is 10.8. The highest BCUT2D eigenvalue weighted by molar-refractivity contribution is 7.59. The van der Waals surface area contributed by atoms with E-state index in [-0.39, 0.29) is 19.1 Å². The van der Waals surface area contributed by atoms with Crippen LogP contribution in [-0.4, -0.2) is 24.5 Å². The monoisotopic (exact) mass is 504 g/mol. The van der Waals surface area contributed by atoms with Gasteiger partial charge in [-0.3, -0.25) is 0 Å². The zero-order valence-corrected chi connectivity index (χ0v) is 21.4. The van der Waals surface area contributed by atoms with E-state index in [4.69, 9.17) is 14.2 Å². The summed E-state index contributed by atoms with van der Waals surface area (Å²) in [6.45, 7) is 6.14. The van der Waals surface area contributed by atoms with Crippen molar-refractivity contribution in [1.29, 1.82) is 0 Å². The molecule has 3 rings (SSSR count). The Balaban J connectivity index is 0.00000456. The van der Waals surface area contributed by atoms with E-state index in [2.05, 4.69) is 11.8 Å². The van der Waals surface area contributed by atoms with E-state index < -0.39 is 17.9 Å². The van der Waals surface area contributed by atoms with Gasteiger partial charge in [-0.1, -0.05) is 26.2 Å². The predicted molar refractivity (Wildman–Crippen MR) is 142 cm³/mol. The summed E-state index contributed by atoms with van der Waals surface area (Å²) >= 11 is 0. The average molecular weight is 505 g/mol. The lowest BCUT2D eigenvalue weighted by molar-refractivity contribution is 0.0447. The van der Waals surface area contributed by atoms with Crippen molar-refractivity contribution in [3.8, 4) is 23.3 Å². The van der Waals surface area contributed by atoms with Gasteiger partial charge in [0.25, 0.3) is 0 Å². The van der Waals surface area contributed by atoms with E-state index in [1.807, 2.05) is 13.8 Å². The Hall–Kier alpha value is -4.02. The van der Waals surface area contributed by atoms with Crippen molar-refractivity contribution in [2.75, 3.05) is 6.61 Å². The summed E-state index contributed by atoms with van der Waals surface area (Å²) in [6.07, 6.45) is 0.925. The molecule has 36 heavy (non-hydrogen) atoms. The molecule has 0 heterocycles. The second kappa shape index (κ2) is 13.8. The standard InChI is InChI=1S/C29H26O6.H2S/c1-4-6-21-7-9-23(10-8-21)28(31)34-26-17-13-24(14-18-26)29(32)35-25-15-11-22(12-16-25)27(30)33-19-20(3)5-2;/h7-18,20H,5,19H2,1-3H3;1H2. The minimum atomic E-state index is -0.581. The van der Waals surface area contributed by atoms with E-state index in [1.54, 1.807) is 43.3 Å². The first kappa shape index (κ1) is 28.2. The molecule has 0 aliphatic carbocycles. The zero-order chi connectivity index (χ0) is 25.2. The van der Waals surface area contributed by atoms with Gasteiger partial charge in [0.15, 0.2) is 0 Å². The fraction of sp³-hybridized carbons (Fsp3) is 0.207. The lowest BCUT2D eigenvalue weighted by atomic mass is 10.1. The Labute approximate surface area is 218 Å². The van der Waals surface area contributed by atoms with E-state index >= 15 is 0 Å². The predicted octanol–water partition coefficient (Wildman–Crippen LogP) is 5.81. The zero-order valence-electron chi connectivity index (χ0n) is 20.4. The molecule has 0 N–H and O–H groups in total. The third-order valence-corrected chi connectivity index (χ3v) is 5.19. The lowest BCUT2D eigenvalue weighted by Gasteiger charge is -2.10. The van der Waals surface area contributed by atoms with Gasteiger partial charge in [-0.05, 0) is 85.6 Å². The van der Waals surface area contributed by atoms with Crippen LogP contribution >= 0.6 is 13.5 Å². The Bertz CT molecular complexity index is 1240. The molecular weight excluding hydrogens is 476 g/mol. The second-order valence-corrected chi connectivity index (χ2v) is 7.89. The summed E-state index contributed by atoms with van der Waals surface area (Å²) in [5.74, 6) is 5.07. The van der Waals surface area contributed by atoms with Crippen LogP contribution in [0.5, 0.6) is 11.5 Å². The summed E-state index contributed by atoms with van der Waals surface area (Å²) < 4.78 is 16.0. The maximum atomic E-state index is 12.5. The third-order valence-electron chi connectivity index (χ3n) is 5.19. The molecule has 0 aliphatic rings. The summed E-state index contributed by atoms with van der Waals surface area (Å²) in [5, 5.41) is 0. The molecule has 7 heteroatoms. The average Bonchev–Trinajstić information content (AvgIpc) is 2.88. The molecule has 0 saturated heterocycles. The van der Waals surface area contributed by atoms with Crippen molar-refractivity contribution < 1.29 is 28.6 Å². The van der Waals surface area contributed by atoms with Crippen molar-refractivity contribution in [3.63, 3.8) is 0 Å². The van der Waals surface area contributed by atoms with Crippen LogP contribution in [0.15, 0.2) is 72.8 Å². The number of carbonyl (C=O) groups is 3. The minimum absolute atomic E-state index is 0. The number of benzene rings is 3. The second-order valence-electron chi connectivity index (χ2n) is 7.89. The van der Waals surface area contributed by atoms with Crippen molar-refractivity contribution in [2.45, 2.75) is 27.2 Å². The first-order valence-corrected chi connectivity index (χ1v) is 11.2. The van der Waals surface area contributed by atoms with Gasteiger partial charge in [0.1, 0.15) is 11.5 Å². The highest BCUT2D eigenvalue weighted by Gasteiger charge is 2.13. The van der Waals surface area contributed by atoms with Gasteiger partial charge in [0, 0.05) is 5.56 Å². The molecule has 1 atom stereocenters. The van der Waals surface area contributed by atoms with Crippen LogP contribution in [-0.2, 0) is 4.74 Å². The van der Waals surface area contributed by atoms with E-state index in [0.29, 0.717) is 35.2 Å². The van der Waals surface area contributed by atoms with Crippen molar-refractivity contribution in [2.24, 2.45) is 5.92 Å². The molecular formula is C29H28O6S. The number of hydrogen-bond acceptors (Lipinski definition) is 6. The fourth-order valence-electron chi connectivity index (χ4n) is 2.90. The highest BCUT2D eigenvalue weighted by Crippen LogP contribution is 2.18. The first-order chi connectivity index (χ1) is 16.9. The minimum Gasteiger partial charge on any atom is -0.462 e. The maximum absolute atomic E-state index is 12.5. The highest BCUT2D eigenvalue weighted by atomic mass is 32.1. The van der Waals surface area contributed by atoms with Crippen molar-refractivity contribution >= 4 is 31.4 Å². The van der Waals surface area contributed by atoms with Crippen molar-refractivity contribution in [3.05, 3.63) is 95.1 Å². The summed E-state index contributed by atoms with van der Waals surface area (Å²) in [5.41, 5.74) is 1.86. The fourth-order valence-corrected chi connectivity index (χ4v) is 2.90. The molecule has 186 valence electrons. The molecule has 3 aromatic carbocycles. The van der Waals surface area contributed by atoms with Gasteiger partial charge in [-0.2, -0.15) is 13.5 Å². The van der Waals surface area contributed by atoms with Gasteiger partial charge in [0.05, 0.1) is 23.3 Å². The van der Waals surface area contributed by atoms with Gasteiger partial charge >= 0.3 is 17.9 Å². The smallest absolute Gasteiger partial charge is 0.343 e. The van der Waals surface area contributed by atoms with Crippen LogP contribution in [0, 0.1) is 17.8 Å². The molecule has 0 saturated carbocycles. The van der Waals surface area contributed by atoms with Gasteiger partial charge in [-0.15, -0.1) is 5.92 Å². The molecule has 0 amide bonds. The molecule has 0 aliphatic heterocycles. The first-order valence-electron chi connectivity index (χ1n) is 11.2. The molecule has 1 unspecified atom stereocenters. The number of rotatable bonds is 8. The van der Waals surface area contributed by atoms with Crippen LogP contribution in [0.1, 0.15) is 63.8 Å². The van der Waals surface area contributed by atoms with Crippen LogP contribution in [0.2, 0.25) is 0 Å². The Morgan fingerprint density at radius 2 is 1.14 bits per heavy atom. The SMILES string of the molecule is CC#Cc1ccc(C(=O)Oc2ccc(C(=O)Oc3ccc(C(=O)OCC(C)CC)cc3)cc2)cc1.S. The largest absolute Gasteiger partial charge is 0.462 e. The number of carbonyl (C=O) groups excluding carboxylic acids is 3. The van der Waals surface area contributed by atoms with Crippen LogP contribution < -0.4 is 9.47 Å². The maximum Gasteiger partial charge on any atom is 0.343 e. The third kappa shape index (κ3) is 8.03. The number of esters is 3. The van der Waals surface area contributed by atoms with E-state index in [0.717, 1.165) is 12.0 Å². The van der Waals surface area contributed by atoms with Crippen LogP contribution in [0.25, 0.3) is 0 Å². The quantitative estimate of drug-likeness (QED) is 0.219. The Morgan fingerprint density at radius 3 is 1.56 bits per heavy atom. The molecule has 0 aromatic heterocycles. The lowest BCUT2D eigenvalue weighted by Crippen LogP contribution is -2.12. The van der Waals surface area contributed by atoms with Crippen molar-refractivity contribution in [1.82, 2.24) is 0 Å². The van der Waals surface area contributed by atoms with Crippen LogP contribution in [0.4, 0.5) is 0 Å². The van der Waals surface area contributed by atoms with E-state index in [1.165, 1.54) is 36.4 Å². The molecule has 0 spiro atoms. The van der Waals surface area contributed by atoms with Gasteiger partial charge in [-0.25, -0.2) is 14.4 Å². The summed E-state index contributed by atoms with van der Waals surface area (Å²) in [4.78, 5) is 36.9. The number of ether oxygens (including phenoxy) is 3. The molecule has 0 radical (unpaired) electrons.